The predicted octanol–water partition coefficient (Wildman–Crippen LogP) is -0.444. The lowest BCUT2D eigenvalue weighted by atomic mass is 10.4. The summed E-state index contributed by atoms with van der Waals surface area (Å²) in [6.45, 7) is 3.45. The molecule has 0 aliphatic rings. The number of anilines is 1. The summed E-state index contributed by atoms with van der Waals surface area (Å²) in [7, 11) is -3.56. The Balaban J connectivity index is 2.95. The molecule has 3 N–H and O–H groups in total. The summed E-state index contributed by atoms with van der Waals surface area (Å²) < 4.78 is 26.0. The number of hydrogen-bond acceptors (Lipinski definition) is 4. The van der Waals surface area contributed by atoms with Crippen molar-refractivity contribution in [2.24, 2.45) is 0 Å². The molecule has 0 unspecified atom stereocenters. The second-order valence-electron chi connectivity index (χ2n) is 2.89. The van der Waals surface area contributed by atoms with E-state index in [1.807, 2.05) is 0 Å². The minimum atomic E-state index is -3.56. The third-order valence-corrected chi connectivity index (χ3v) is 2.68. The number of nitrogens with two attached hydrogens (primary N) is 1. The third-order valence-electron chi connectivity index (χ3n) is 1.22. The van der Waals surface area contributed by atoms with Gasteiger partial charge in [-0.05, 0) is 13.8 Å². The van der Waals surface area contributed by atoms with Gasteiger partial charge in [0.1, 0.15) is 5.82 Å². The minimum absolute atomic E-state index is 0.171. The summed E-state index contributed by atoms with van der Waals surface area (Å²) in [4.78, 5) is 0. The average molecular weight is 204 g/mol. The zero-order valence-electron chi connectivity index (χ0n) is 7.43. The molecule has 0 aliphatic carbocycles. The Morgan fingerprint density at radius 3 is 2.62 bits per heavy atom. The lowest BCUT2D eigenvalue weighted by Crippen LogP contribution is -2.35. The van der Waals surface area contributed by atoms with Crippen molar-refractivity contribution in [1.29, 1.82) is 0 Å². The van der Waals surface area contributed by atoms with E-state index in [1.165, 1.54) is 12.3 Å². The lowest BCUT2D eigenvalue weighted by Gasteiger charge is -2.08. The number of rotatable bonds is 3. The highest BCUT2D eigenvalue weighted by molar-refractivity contribution is 7.87. The van der Waals surface area contributed by atoms with Crippen molar-refractivity contribution < 1.29 is 8.42 Å². The van der Waals surface area contributed by atoms with Crippen LogP contribution in [0.5, 0.6) is 0 Å². The Labute approximate surface area is 76.9 Å². The minimum Gasteiger partial charge on any atom is -0.382 e. The second-order valence-corrected chi connectivity index (χ2v) is 4.45. The van der Waals surface area contributed by atoms with Gasteiger partial charge in [0.2, 0.25) is 0 Å². The van der Waals surface area contributed by atoms with Crippen molar-refractivity contribution >= 4 is 16.0 Å². The Bertz CT molecular complexity index is 381. The van der Waals surface area contributed by atoms with Crippen LogP contribution in [-0.2, 0) is 10.2 Å². The highest BCUT2D eigenvalue weighted by Gasteiger charge is 2.14. The van der Waals surface area contributed by atoms with E-state index in [0.717, 1.165) is 4.09 Å². The molecule has 0 atom stereocenters. The number of nitrogen functional groups attached to an aromatic ring is 1. The first-order valence-corrected chi connectivity index (χ1v) is 5.20. The fourth-order valence-corrected chi connectivity index (χ4v) is 1.93. The number of nitrogens with one attached hydrogen (secondary N) is 1. The Morgan fingerprint density at radius 2 is 2.23 bits per heavy atom. The van der Waals surface area contributed by atoms with Gasteiger partial charge in [0.05, 0.1) is 0 Å². The molecule has 0 saturated carbocycles. The molecule has 0 saturated heterocycles. The van der Waals surface area contributed by atoms with E-state index in [9.17, 15) is 8.42 Å². The highest BCUT2D eigenvalue weighted by atomic mass is 32.2. The molecule has 0 aliphatic heterocycles. The summed E-state index contributed by atoms with van der Waals surface area (Å²) in [6, 6.07) is 1.25. The fraction of sp³-hybridized carbons (Fsp3) is 0.500. The SMILES string of the molecule is CC(C)NS(=O)(=O)n1ccc(N)n1. The molecule has 1 heterocycles. The van der Waals surface area contributed by atoms with Crippen LogP contribution >= 0.6 is 0 Å². The molecule has 0 spiro atoms. The van der Waals surface area contributed by atoms with Crippen LogP contribution in [0.25, 0.3) is 0 Å². The van der Waals surface area contributed by atoms with Crippen LogP contribution in [0.2, 0.25) is 0 Å². The Morgan fingerprint density at radius 1 is 1.62 bits per heavy atom. The van der Waals surface area contributed by atoms with Gasteiger partial charge >= 0.3 is 10.2 Å². The van der Waals surface area contributed by atoms with Gasteiger partial charge in [0, 0.05) is 18.3 Å². The first kappa shape index (κ1) is 10.0. The van der Waals surface area contributed by atoms with Crippen molar-refractivity contribution in [2.45, 2.75) is 19.9 Å². The van der Waals surface area contributed by atoms with Crippen LogP contribution in [0.15, 0.2) is 12.3 Å². The summed E-state index contributed by atoms with van der Waals surface area (Å²) in [6.07, 6.45) is 1.29. The van der Waals surface area contributed by atoms with Crippen molar-refractivity contribution in [3.63, 3.8) is 0 Å². The van der Waals surface area contributed by atoms with Gasteiger partial charge in [0.15, 0.2) is 0 Å². The summed E-state index contributed by atoms with van der Waals surface area (Å²) in [5.74, 6) is 0.175. The molecule has 0 fully saturated rings. The normalized spacial score (nSPS) is 12.2. The third kappa shape index (κ3) is 2.43. The van der Waals surface area contributed by atoms with Gasteiger partial charge in [0.25, 0.3) is 0 Å². The van der Waals surface area contributed by atoms with Gasteiger partial charge in [-0.1, -0.05) is 0 Å². The van der Waals surface area contributed by atoms with E-state index in [2.05, 4.69) is 9.82 Å². The largest absolute Gasteiger partial charge is 0.382 e. The molecule has 74 valence electrons. The molecular formula is C6H12N4O2S. The van der Waals surface area contributed by atoms with Gasteiger partial charge in [-0.15, -0.1) is 5.10 Å². The summed E-state index contributed by atoms with van der Waals surface area (Å²) in [5.41, 5.74) is 5.28. The molecule has 6 nitrogen and oxygen atoms in total. The maximum Gasteiger partial charge on any atom is 0.320 e. The maximum atomic E-state index is 11.4. The fourth-order valence-electron chi connectivity index (χ4n) is 0.806. The van der Waals surface area contributed by atoms with E-state index >= 15 is 0 Å². The van der Waals surface area contributed by atoms with Gasteiger partial charge in [-0.3, -0.25) is 0 Å². The van der Waals surface area contributed by atoms with Crippen LogP contribution in [0.1, 0.15) is 13.8 Å². The zero-order valence-corrected chi connectivity index (χ0v) is 8.25. The molecule has 0 aromatic carbocycles. The van der Waals surface area contributed by atoms with E-state index < -0.39 is 10.2 Å². The molecule has 1 rings (SSSR count). The molecule has 0 amide bonds. The van der Waals surface area contributed by atoms with Crippen molar-refractivity contribution in [3.8, 4) is 0 Å². The smallest absolute Gasteiger partial charge is 0.320 e. The highest BCUT2D eigenvalue weighted by Crippen LogP contribution is 1.99. The van der Waals surface area contributed by atoms with Crippen molar-refractivity contribution in [1.82, 2.24) is 13.9 Å². The van der Waals surface area contributed by atoms with Gasteiger partial charge < -0.3 is 5.73 Å². The molecule has 0 radical (unpaired) electrons. The molecule has 0 bridgehead atoms. The zero-order chi connectivity index (χ0) is 10.1. The van der Waals surface area contributed by atoms with Crippen molar-refractivity contribution in [2.75, 3.05) is 5.73 Å². The number of aromatic nitrogens is 2. The topological polar surface area (TPSA) is 90.0 Å². The van der Waals surface area contributed by atoms with Crippen LogP contribution in [0.4, 0.5) is 5.82 Å². The first-order valence-electron chi connectivity index (χ1n) is 3.76. The standard InChI is InChI=1S/C6H12N4O2S/c1-5(2)9-13(11,12)10-4-3-6(7)8-10/h3-5,9H,1-2H3,(H2,7,8). The number of hydrogen-bond donors (Lipinski definition) is 2. The Kier molecular flexibility index (Phi) is 2.58. The van der Waals surface area contributed by atoms with Crippen LogP contribution < -0.4 is 10.5 Å². The average Bonchev–Trinajstić information content (AvgIpc) is 2.32. The van der Waals surface area contributed by atoms with Crippen molar-refractivity contribution in [3.05, 3.63) is 12.3 Å². The van der Waals surface area contributed by atoms with E-state index in [-0.39, 0.29) is 11.9 Å². The molecule has 1 aromatic rings. The van der Waals surface area contributed by atoms with Crippen LogP contribution in [0.3, 0.4) is 0 Å². The summed E-state index contributed by atoms with van der Waals surface area (Å²) >= 11 is 0. The predicted molar refractivity (Wildman–Crippen MR) is 49.2 cm³/mol. The molecule has 13 heavy (non-hydrogen) atoms. The van der Waals surface area contributed by atoms with Crippen LogP contribution in [0, 0.1) is 0 Å². The Hall–Kier alpha value is -1.08. The molecule has 1 aromatic heterocycles. The number of nitrogens with zero attached hydrogens (tertiary/aromatic N) is 2. The maximum absolute atomic E-state index is 11.4. The van der Waals surface area contributed by atoms with E-state index in [1.54, 1.807) is 13.8 Å². The van der Waals surface area contributed by atoms with Crippen LogP contribution in [-0.4, -0.2) is 23.6 Å². The van der Waals surface area contributed by atoms with E-state index in [0.29, 0.717) is 0 Å². The lowest BCUT2D eigenvalue weighted by molar-refractivity contribution is 0.553. The second kappa shape index (κ2) is 3.35. The quantitative estimate of drug-likeness (QED) is 0.698. The van der Waals surface area contributed by atoms with Gasteiger partial charge in [-0.2, -0.15) is 17.2 Å². The molecular weight excluding hydrogens is 192 g/mol. The van der Waals surface area contributed by atoms with E-state index in [4.69, 9.17) is 5.73 Å². The monoisotopic (exact) mass is 204 g/mol. The van der Waals surface area contributed by atoms with Gasteiger partial charge in [-0.25, -0.2) is 0 Å². The summed E-state index contributed by atoms with van der Waals surface area (Å²) in [5, 5.41) is 3.58. The molecule has 7 heteroatoms. The first-order chi connectivity index (χ1) is 5.92.